The van der Waals surface area contributed by atoms with Crippen LogP contribution in [0.5, 0.6) is 0 Å². The molecule has 4 rings (SSSR count). The van der Waals surface area contributed by atoms with Gasteiger partial charge in [-0.15, -0.1) is 0 Å². The number of non-ortho nitro benzene ring substituents is 1. The molecule has 0 bridgehead atoms. The van der Waals surface area contributed by atoms with Crippen molar-refractivity contribution in [3.63, 3.8) is 0 Å². The van der Waals surface area contributed by atoms with Gasteiger partial charge in [0.25, 0.3) is 15.7 Å². The SMILES string of the molecule is CC(C)(C)c1nc2cc(NS(=O)(=O)c3ccc([N+](=O)[O-])cc3)ccc2n1CC1CCOCC1. The summed E-state index contributed by atoms with van der Waals surface area (Å²) in [5.41, 5.74) is 1.72. The average Bonchev–Trinajstić information content (AvgIpc) is 3.12. The first-order valence-electron chi connectivity index (χ1n) is 10.9. The molecule has 0 amide bonds. The van der Waals surface area contributed by atoms with Crippen molar-refractivity contribution in [1.82, 2.24) is 9.55 Å². The highest BCUT2D eigenvalue weighted by molar-refractivity contribution is 7.92. The van der Waals surface area contributed by atoms with Crippen molar-refractivity contribution in [3.8, 4) is 0 Å². The smallest absolute Gasteiger partial charge is 0.269 e. The molecule has 9 nitrogen and oxygen atoms in total. The van der Waals surface area contributed by atoms with Crippen molar-refractivity contribution >= 4 is 32.4 Å². The minimum Gasteiger partial charge on any atom is -0.381 e. The molecule has 1 N–H and O–H groups in total. The van der Waals surface area contributed by atoms with Gasteiger partial charge in [-0.3, -0.25) is 14.8 Å². The third-order valence-corrected chi connectivity index (χ3v) is 7.21. The molecule has 0 radical (unpaired) electrons. The number of imidazole rings is 1. The lowest BCUT2D eigenvalue weighted by Gasteiger charge is -2.26. The van der Waals surface area contributed by atoms with Crippen LogP contribution in [-0.2, 0) is 26.7 Å². The number of benzene rings is 2. The van der Waals surface area contributed by atoms with Gasteiger partial charge in [0, 0.05) is 37.3 Å². The van der Waals surface area contributed by atoms with Crippen LogP contribution in [0.3, 0.4) is 0 Å². The summed E-state index contributed by atoms with van der Waals surface area (Å²) in [6.45, 7) is 8.75. The number of sulfonamides is 1. The molecule has 2 aromatic carbocycles. The zero-order chi connectivity index (χ0) is 23.8. The Balaban J connectivity index is 1.65. The largest absolute Gasteiger partial charge is 0.381 e. The van der Waals surface area contributed by atoms with Gasteiger partial charge in [0.1, 0.15) is 5.82 Å². The van der Waals surface area contributed by atoms with Gasteiger partial charge in [0.15, 0.2) is 0 Å². The fourth-order valence-electron chi connectivity index (χ4n) is 4.10. The Morgan fingerprint density at radius 1 is 1.15 bits per heavy atom. The number of anilines is 1. The van der Waals surface area contributed by atoms with E-state index in [1.54, 1.807) is 12.1 Å². The van der Waals surface area contributed by atoms with Crippen LogP contribution < -0.4 is 4.72 Å². The summed E-state index contributed by atoms with van der Waals surface area (Å²) in [7, 11) is -3.90. The first-order chi connectivity index (χ1) is 15.5. The molecular weight excluding hydrogens is 444 g/mol. The Morgan fingerprint density at radius 3 is 2.42 bits per heavy atom. The van der Waals surface area contributed by atoms with Crippen molar-refractivity contribution in [3.05, 3.63) is 58.4 Å². The summed E-state index contributed by atoms with van der Waals surface area (Å²) in [5.74, 6) is 1.47. The third-order valence-electron chi connectivity index (χ3n) is 5.81. The van der Waals surface area contributed by atoms with Crippen molar-refractivity contribution in [2.75, 3.05) is 17.9 Å². The zero-order valence-electron chi connectivity index (χ0n) is 18.9. The molecule has 0 aliphatic carbocycles. The predicted octanol–water partition coefficient (Wildman–Crippen LogP) is 4.47. The predicted molar refractivity (Wildman–Crippen MR) is 126 cm³/mol. The van der Waals surface area contributed by atoms with E-state index in [1.165, 1.54) is 24.3 Å². The summed E-state index contributed by atoms with van der Waals surface area (Å²) in [6, 6.07) is 10.1. The number of fused-ring (bicyclic) bond motifs is 1. The molecule has 1 aliphatic heterocycles. The third kappa shape index (κ3) is 5.01. The van der Waals surface area contributed by atoms with E-state index in [0.717, 1.165) is 49.5 Å². The van der Waals surface area contributed by atoms with E-state index >= 15 is 0 Å². The molecule has 1 aromatic heterocycles. The Morgan fingerprint density at radius 2 is 1.82 bits per heavy atom. The van der Waals surface area contributed by atoms with E-state index in [1.807, 2.05) is 6.07 Å². The van der Waals surface area contributed by atoms with Gasteiger partial charge >= 0.3 is 0 Å². The summed E-state index contributed by atoms with van der Waals surface area (Å²) < 4.78 is 35.9. The van der Waals surface area contributed by atoms with Crippen LogP contribution in [-0.4, -0.2) is 36.1 Å². The van der Waals surface area contributed by atoms with Crippen LogP contribution >= 0.6 is 0 Å². The highest BCUT2D eigenvalue weighted by atomic mass is 32.2. The Kier molecular flexibility index (Phi) is 6.15. The second-order valence-electron chi connectivity index (χ2n) is 9.41. The number of hydrogen-bond donors (Lipinski definition) is 1. The maximum Gasteiger partial charge on any atom is 0.269 e. The van der Waals surface area contributed by atoms with Crippen molar-refractivity contribution < 1.29 is 18.1 Å². The number of nitrogens with zero attached hydrogens (tertiary/aromatic N) is 3. The van der Waals surface area contributed by atoms with E-state index < -0.39 is 14.9 Å². The van der Waals surface area contributed by atoms with Gasteiger partial charge in [-0.1, -0.05) is 20.8 Å². The first kappa shape index (κ1) is 23.2. The topological polar surface area (TPSA) is 116 Å². The lowest BCUT2D eigenvalue weighted by Crippen LogP contribution is -2.25. The average molecular weight is 473 g/mol. The normalized spacial score (nSPS) is 15.6. The van der Waals surface area contributed by atoms with Crippen molar-refractivity contribution in [2.45, 2.75) is 50.5 Å². The quantitative estimate of drug-likeness (QED) is 0.418. The molecule has 1 fully saturated rings. The van der Waals surface area contributed by atoms with Gasteiger partial charge < -0.3 is 9.30 Å². The Bertz CT molecular complexity index is 1270. The van der Waals surface area contributed by atoms with Gasteiger partial charge in [-0.05, 0) is 49.1 Å². The van der Waals surface area contributed by atoms with Crippen molar-refractivity contribution in [2.24, 2.45) is 5.92 Å². The summed E-state index contributed by atoms with van der Waals surface area (Å²) in [6.07, 6.45) is 2.02. The molecule has 1 saturated heterocycles. The number of ether oxygens (including phenoxy) is 1. The van der Waals surface area contributed by atoms with E-state index in [0.29, 0.717) is 11.6 Å². The van der Waals surface area contributed by atoms with E-state index in [9.17, 15) is 18.5 Å². The maximum atomic E-state index is 12.8. The minimum absolute atomic E-state index is 0.0476. The van der Waals surface area contributed by atoms with Crippen LogP contribution in [0.1, 0.15) is 39.4 Å². The van der Waals surface area contributed by atoms with E-state index in [4.69, 9.17) is 9.72 Å². The van der Waals surface area contributed by atoms with Crippen LogP contribution in [0.4, 0.5) is 11.4 Å². The van der Waals surface area contributed by atoms with Crippen LogP contribution in [0.15, 0.2) is 47.4 Å². The fraction of sp³-hybridized carbons (Fsp3) is 0.435. The Labute approximate surface area is 193 Å². The molecule has 0 spiro atoms. The molecule has 2 heterocycles. The molecular formula is C23H28N4O5S. The van der Waals surface area contributed by atoms with Crippen LogP contribution in [0, 0.1) is 16.0 Å². The maximum absolute atomic E-state index is 12.8. The first-order valence-corrected chi connectivity index (χ1v) is 12.4. The second-order valence-corrected chi connectivity index (χ2v) is 11.1. The molecule has 0 saturated carbocycles. The molecule has 176 valence electrons. The van der Waals surface area contributed by atoms with E-state index in [-0.39, 0.29) is 16.0 Å². The number of nitro groups is 1. The molecule has 0 atom stereocenters. The van der Waals surface area contributed by atoms with Crippen molar-refractivity contribution in [1.29, 1.82) is 0 Å². The standard InChI is InChI=1S/C23H28N4O5S/c1-23(2,3)22-24-20-14-17(4-9-21(20)26(22)15-16-10-12-32-13-11-16)25-33(30,31)19-7-5-18(6-8-19)27(28)29/h4-9,14,16,25H,10-13,15H2,1-3H3. The van der Waals surface area contributed by atoms with Gasteiger partial charge in [0.05, 0.1) is 26.5 Å². The van der Waals surface area contributed by atoms with Gasteiger partial charge in [-0.25, -0.2) is 13.4 Å². The van der Waals surface area contributed by atoms with Gasteiger partial charge in [-0.2, -0.15) is 0 Å². The fourth-order valence-corrected chi connectivity index (χ4v) is 5.15. The van der Waals surface area contributed by atoms with Crippen LogP contribution in [0.25, 0.3) is 11.0 Å². The molecule has 1 aliphatic rings. The molecule has 3 aromatic rings. The summed E-state index contributed by atoms with van der Waals surface area (Å²) in [5, 5.41) is 10.8. The lowest BCUT2D eigenvalue weighted by atomic mass is 9.94. The Hall–Kier alpha value is -2.98. The molecule has 10 heteroatoms. The minimum atomic E-state index is -3.90. The number of nitrogens with one attached hydrogen (secondary N) is 1. The number of nitro benzene ring substituents is 1. The monoisotopic (exact) mass is 472 g/mol. The highest BCUT2D eigenvalue weighted by Gasteiger charge is 2.26. The molecule has 33 heavy (non-hydrogen) atoms. The number of hydrogen-bond acceptors (Lipinski definition) is 6. The van der Waals surface area contributed by atoms with Gasteiger partial charge in [0.2, 0.25) is 0 Å². The molecule has 0 unspecified atom stereocenters. The van der Waals surface area contributed by atoms with Crippen LogP contribution in [0.2, 0.25) is 0 Å². The number of rotatable bonds is 6. The summed E-state index contributed by atoms with van der Waals surface area (Å²) in [4.78, 5) is 15.1. The lowest BCUT2D eigenvalue weighted by molar-refractivity contribution is -0.384. The summed E-state index contributed by atoms with van der Waals surface area (Å²) >= 11 is 0. The number of aromatic nitrogens is 2. The van der Waals surface area contributed by atoms with E-state index in [2.05, 4.69) is 30.1 Å². The highest BCUT2D eigenvalue weighted by Crippen LogP contribution is 2.31. The zero-order valence-corrected chi connectivity index (χ0v) is 19.8. The second kappa shape index (κ2) is 8.75.